The number of benzene rings is 1. The largest absolute Gasteiger partial charge is 0.332 e. The number of hydrogen-bond acceptors (Lipinski definition) is 3. The van der Waals surface area contributed by atoms with Crippen LogP contribution in [-0.2, 0) is 13.6 Å². The third kappa shape index (κ3) is 2.32. The van der Waals surface area contributed by atoms with Crippen LogP contribution >= 0.6 is 11.6 Å². The van der Waals surface area contributed by atoms with Gasteiger partial charge in [-0.1, -0.05) is 24.6 Å². The lowest BCUT2D eigenvalue weighted by Crippen LogP contribution is -2.39. The molecule has 0 atom stereocenters. The first-order chi connectivity index (χ1) is 13.3. The minimum atomic E-state index is -0.347. The summed E-state index contributed by atoms with van der Waals surface area (Å²) < 4.78 is 6.57. The summed E-state index contributed by atoms with van der Waals surface area (Å²) in [6.07, 6.45) is 0.698. The van der Waals surface area contributed by atoms with Crippen LogP contribution in [0, 0.1) is 20.8 Å². The Morgan fingerprint density at radius 3 is 2.50 bits per heavy atom. The number of halogens is 1. The summed E-state index contributed by atoms with van der Waals surface area (Å²) >= 11 is 6.34. The molecule has 0 saturated carbocycles. The summed E-state index contributed by atoms with van der Waals surface area (Å²) in [4.78, 5) is 30.5. The second-order valence-corrected chi connectivity index (χ2v) is 7.52. The molecule has 4 aromatic rings. The standard InChI is InChI=1S/C20H22ClN5O2/c1-6-10-24-18(27)16-17(23(5)20(24)28)22-19-25(12(3)13(4)26(16)19)15-9-7-8-14(21)11(15)2/h7-9H,6,10H2,1-5H3. The van der Waals surface area contributed by atoms with E-state index in [1.54, 1.807) is 7.05 Å². The van der Waals surface area contributed by atoms with Crippen LogP contribution < -0.4 is 11.2 Å². The number of aromatic nitrogens is 5. The molecule has 0 aliphatic carbocycles. The summed E-state index contributed by atoms with van der Waals surface area (Å²) in [5.74, 6) is 0.594. The fourth-order valence-electron chi connectivity index (χ4n) is 3.80. The minimum absolute atomic E-state index is 0.310. The van der Waals surface area contributed by atoms with Gasteiger partial charge in [-0.3, -0.25) is 22.9 Å². The van der Waals surface area contributed by atoms with Crippen LogP contribution in [0.25, 0.3) is 22.6 Å². The van der Waals surface area contributed by atoms with Gasteiger partial charge in [0.25, 0.3) is 5.56 Å². The molecule has 3 aromatic heterocycles. The van der Waals surface area contributed by atoms with Crippen molar-refractivity contribution in [2.45, 2.75) is 40.7 Å². The molecular weight excluding hydrogens is 378 g/mol. The molecule has 0 spiro atoms. The fraction of sp³-hybridized carbons (Fsp3) is 0.350. The zero-order chi connectivity index (χ0) is 20.3. The Balaban J connectivity index is 2.23. The van der Waals surface area contributed by atoms with Crippen molar-refractivity contribution in [3.05, 3.63) is 61.0 Å². The maximum Gasteiger partial charge on any atom is 0.332 e. The highest BCUT2D eigenvalue weighted by Gasteiger charge is 2.23. The van der Waals surface area contributed by atoms with E-state index in [9.17, 15) is 9.59 Å². The van der Waals surface area contributed by atoms with Crippen LogP contribution in [0.1, 0.15) is 30.3 Å². The van der Waals surface area contributed by atoms with Gasteiger partial charge in [0.05, 0.1) is 5.69 Å². The summed E-state index contributed by atoms with van der Waals surface area (Å²) in [6.45, 7) is 8.21. The maximum absolute atomic E-state index is 13.2. The zero-order valence-corrected chi connectivity index (χ0v) is 17.3. The molecule has 0 radical (unpaired) electrons. The SMILES string of the molecule is CCCn1c(=O)c2c(nc3n(-c4cccc(Cl)c4C)c(C)c(C)n23)n(C)c1=O. The van der Waals surface area contributed by atoms with E-state index in [1.807, 2.05) is 54.9 Å². The summed E-state index contributed by atoms with van der Waals surface area (Å²) in [5.41, 5.74) is 3.83. The Morgan fingerprint density at radius 1 is 1.11 bits per heavy atom. The second-order valence-electron chi connectivity index (χ2n) is 7.11. The first-order valence-corrected chi connectivity index (χ1v) is 9.62. The van der Waals surface area contributed by atoms with Gasteiger partial charge in [-0.15, -0.1) is 0 Å². The van der Waals surface area contributed by atoms with E-state index in [0.717, 1.165) is 22.6 Å². The average Bonchev–Trinajstić information content (AvgIpc) is 3.16. The van der Waals surface area contributed by atoms with Crippen molar-refractivity contribution in [2.75, 3.05) is 0 Å². The van der Waals surface area contributed by atoms with E-state index >= 15 is 0 Å². The molecule has 0 bridgehead atoms. The molecule has 0 amide bonds. The lowest BCUT2D eigenvalue weighted by atomic mass is 10.2. The molecule has 0 N–H and O–H groups in total. The summed E-state index contributed by atoms with van der Waals surface area (Å²) in [5, 5.41) is 0.662. The number of nitrogens with zero attached hydrogens (tertiary/aromatic N) is 5. The number of imidazole rings is 2. The summed E-state index contributed by atoms with van der Waals surface area (Å²) in [6, 6.07) is 5.71. The Morgan fingerprint density at radius 2 is 1.82 bits per heavy atom. The highest BCUT2D eigenvalue weighted by atomic mass is 35.5. The van der Waals surface area contributed by atoms with E-state index in [1.165, 1.54) is 9.13 Å². The molecule has 0 saturated heterocycles. The molecule has 1 aromatic carbocycles. The van der Waals surface area contributed by atoms with Crippen molar-refractivity contribution >= 4 is 28.5 Å². The summed E-state index contributed by atoms with van der Waals surface area (Å²) in [7, 11) is 1.65. The predicted molar refractivity (Wildman–Crippen MR) is 111 cm³/mol. The van der Waals surface area contributed by atoms with Crippen molar-refractivity contribution in [1.82, 2.24) is 23.1 Å². The Kier molecular flexibility index (Phi) is 4.23. The van der Waals surface area contributed by atoms with Crippen molar-refractivity contribution in [3.8, 4) is 5.69 Å². The van der Waals surface area contributed by atoms with Gasteiger partial charge < -0.3 is 0 Å². The third-order valence-electron chi connectivity index (χ3n) is 5.45. The molecule has 0 aliphatic rings. The molecule has 3 heterocycles. The van der Waals surface area contributed by atoms with Crippen molar-refractivity contribution < 1.29 is 0 Å². The number of aryl methyl sites for hydroxylation is 2. The Bertz CT molecular complexity index is 1370. The second kappa shape index (κ2) is 6.38. The molecule has 146 valence electrons. The van der Waals surface area contributed by atoms with Crippen LogP contribution in [0.4, 0.5) is 0 Å². The number of fused-ring (bicyclic) bond motifs is 3. The predicted octanol–water partition coefficient (Wildman–Crippen LogP) is 3.13. The van der Waals surface area contributed by atoms with Crippen LogP contribution in [-0.4, -0.2) is 23.1 Å². The molecule has 0 aliphatic heterocycles. The molecule has 8 heteroatoms. The highest BCUT2D eigenvalue weighted by molar-refractivity contribution is 6.31. The Hall–Kier alpha value is -2.80. The smallest absolute Gasteiger partial charge is 0.282 e. The van der Waals surface area contributed by atoms with Gasteiger partial charge in [0.2, 0.25) is 5.78 Å². The Labute approximate surface area is 166 Å². The van der Waals surface area contributed by atoms with Gasteiger partial charge in [-0.2, -0.15) is 4.98 Å². The third-order valence-corrected chi connectivity index (χ3v) is 5.86. The van der Waals surface area contributed by atoms with Gasteiger partial charge in [0, 0.05) is 30.0 Å². The quantitative estimate of drug-likeness (QED) is 0.531. The normalized spacial score (nSPS) is 11.8. The molecule has 7 nitrogen and oxygen atoms in total. The van der Waals surface area contributed by atoms with E-state index in [0.29, 0.717) is 34.9 Å². The van der Waals surface area contributed by atoms with Crippen LogP contribution in [0.2, 0.25) is 5.02 Å². The van der Waals surface area contributed by atoms with E-state index < -0.39 is 0 Å². The van der Waals surface area contributed by atoms with Crippen molar-refractivity contribution in [3.63, 3.8) is 0 Å². The lowest BCUT2D eigenvalue weighted by Gasteiger charge is -2.11. The topological polar surface area (TPSA) is 66.2 Å². The first-order valence-electron chi connectivity index (χ1n) is 9.25. The van der Waals surface area contributed by atoms with Gasteiger partial charge in [0.1, 0.15) is 0 Å². The molecule has 0 fully saturated rings. The van der Waals surface area contributed by atoms with Crippen LogP contribution in [0.3, 0.4) is 0 Å². The lowest BCUT2D eigenvalue weighted by molar-refractivity contribution is 0.592. The van der Waals surface area contributed by atoms with E-state index in [-0.39, 0.29) is 11.2 Å². The minimum Gasteiger partial charge on any atom is -0.282 e. The van der Waals surface area contributed by atoms with Gasteiger partial charge in [0.15, 0.2) is 11.2 Å². The van der Waals surface area contributed by atoms with Gasteiger partial charge in [-0.25, -0.2) is 4.79 Å². The molecule has 0 unspecified atom stereocenters. The fourth-order valence-corrected chi connectivity index (χ4v) is 3.97. The average molecular weight is 400 g/mol. The molecular formula is C20H22ClN5O2. The molecule has 28 heavy (non-hydrogen) atoms. The van der Waals surface area contributed by atoms with Crippen LogP contribution in [0.15, 0.2) is 27.8 Å². The van der Waals surface area contributed by atoms with Crippen molar-refractivity contribution in [2.24, 2.45) is 7.05 Å². The molecule has 4 rings (SSSR count). The monoisotopic (exact) mass is 399 g/mol. The van der Waals surface area contributed by atoms with Crippen LogP contribution in [0.5, 0.6) is 0 Å². The van der Waals surface area contributed by atoms with Crippen molar-refractivity contribution in [1.29, 1.82) is 0 Å². The van der Waals surface area contributed by atoms with E-state index in [4.69, 9.17) is 16.6 Å². The van der Waals surface area contributed by atoms with Gasteiger partial charge >= 0.3 is 5.69 Å². The van der Waals surface area contributed by atoms with Gasteiger partial charge in [-0.05, 0) is 44.9 Å². The van der Waals surface area contributed by atoms with E-state index in [2.05, 4.69) is 0 Å². The maximum atomic E-state index is 13.2. The number of hydrogen-bond donors (Lipinski definition) is 0. The highest BCUT2D eigenvalue weighted by Crippen LogP contribution is 2.28. The zero-order valence-electron chi connectivity index (χ0n) is 16.6. The number of rotatable bonds is 3. The first kappa shape index (κ1) is 18.6.